The normalized spacial score (nSPS) is 21.5. The number of methoxy groups -OCH3 is 1. The number of rotatable bonds is 2. The van der Waals surface area contributed by atoms with E-state index in [1.54, 1.807) is 7.11 Å². The lowest BCUT2D eigenvalue weighted by molar-refractivity contribution is 0.407. The predicted molar refractivity (Wildman–Crippen MR) is 63.7 cm³/mol. The molecule has 0 aromatic heterocycles. The number of ether oxygens (including phenoxy) is 1. The molecule has 15 heavy (non-hydrogen) atoms. The molecule has 1 aromatic carbocycles. The third-order valence-electron chi connectivity index (χ3n) is 3.20. The summed E-state index contributed by atoms with van der Waals surface area (Å²) in [5.41, 5.74) is 1.24. The van der Waals surface area contributed by atoms with Crippen LogP contribution in [0.25, 0.3) is 0 Å². The summed E-state index contributed by atoms with van der Waals surface area (Å²) < 4.78 is 5.41. The highest BCUT2D eigenvalue weighted by atomic mass is 16.5. The molecule has 0 spiro atoms. The zero-order chi connectivity index (χ0) is 10.7. The molecule has 2 heteroatoms. The van der Waals surface area contributed by atoms with Crippen molar-refractivity contribution in [2.24, 2.45) is 0 Å². The van der Waals surface area contributed by atoms with Crippen molar-refractivity contribution in [2.45, 2.75) is 32.2 Å². The Bertz CT molecular complexity index is 324. The van der Waals surface area contributed by atoms with Gasteiger partial charge in [-0.25, -0.2) is 0 Å². The van der Waals surface area contributed by atoms with E-state index in [-0.39, 0.29) is 0 Å². The summed E-state index contributed by atoms with van der Waals surface area (Å²) in [4.78, 5) is 2.46. The highest BCUT2D eigenvalue weighted by Crippen LogP contribution is 2.32. The fourth-order valence-corrected chi connectivity index (χ4v) is 2.32. The second-order valence-corrected chi connectivity index (χ2v) is 4.21. The SMILES string of the molecule is COc1ccccc1N1CCCC[C@@H]1C. The van der Waals surface area contributed by atoms with Gasteiger partial charge in [-0.15, -0.1) is 0 Å². The Kier molecular flexibility index (Phi) is 3.14. The van der Waals surface area contributed by atoms with Crippen molar-refractivity contribution in [1.82, 2.24) is 0 Å². The maximum atomic E-state index is 5.41. The van der Waals surface area contributed by atoms with Gasteiger partial charge < -0.3 is 9.64 Å². The average Bonchev–Trinajstić information content (AvgIpc) is 2.30. The number of piperidine rings is 1. The third-order valence-corrected chi connectivity index (χ3v) is 3.20. The van der Waals surface area contributed by atoms with Crippen LogP contribution in [0.3, 0.4) is 0 Å². The highest BCUT2D eigenvalue weighted by Gasteiger charge is 2.20. The molecular formula is C13H19NO. The van der Waals surface area contributed by atoms with E-state index in [4.69, 9.17) is 4.74 Å². The first-order valence-corrected chi connectivity index (χ1v) is 5.72. The van der Waals surface area contributed by atoms with E-state index in [0.29, 0.717) is 6.04 Å². The number of nitrogens with zero attached hydrogens (tertiary/aromatic N) is 1. The molecule has 2 rings (SSSR count). The molecule has 0 unspecified atom stereocenters. The first-order valence-electron chi connectivity index (χ1n) is 5.72. The van der Waals surface area contributed by atoms with Gasteiger partial charge in [0.2, 0.25) is 0 Å². The zero-order valence-corrected chi connectivity index (χ0v) is 9.57. The van der Waals surface area contributed by atoms with Crippen LogP contribution in [0.1, 0.15) is 26.2 Å². The Hall–Kier alpha value is -1.18. The molecule has 0 saturated carbocycles. The fraction of sp³-hybridized carbons (Fsp3) is 0.538. The second kappa shape index (κ2) is 4.56. The predicted octanol–water partition coefficient (Wildman–Crippen LogP) is 3.07. The Morgan fingerprint density at radius 2 is 2.07 bits per heavy atom. The summed E-state index contributed by atoms with van der Waals surface area (Å²) in [7, 11) is 1.74. The van der Waals surface area contributed by atoms with Crippen LogP contribution in [0.5, 0.6) is 5.75 Å². The lowest BCUT2D eigenvalue weighted by Gasteiger charge is -2.36. The maximum Gasteiger partial charge on any atom is 0.142 e. The summed E-state index contributed by atoms with van der Waals surface area (Å²) in [6.07, 6.45) is 3.94. The number of hydrogen-bond donors (Lipinski definition) is 0. The summed E-state index contributed by atoms with van der Waals surface area (Å²) in [6, 6.07) is 8.93. The van der Waals surface area contributed by atoms with Crippen LogP contribution in [0.4, 0.5) is 5.69 Å². The van der Waals surface area contributed by atoms with Crippen LogP contribution in [0.15, 0.2) is 24.3 Å². The molecule has 1 fully saturated rings. The number of benzene rings is 1. The average molecular weight is 205 g/mol. The molecule has 0 N–H and O–H groups in total. The first-order chi connectivity index (χ1) is 7.33. The number of hydrogen-bond acceptors (Lipinski definition) is 2. The Morgan fingerprint density at radius 3 is 2.80 bits per heavy atom. The molecule has 82 valence electrons. The van der Waals surface area contributed by atoms with Gasteiger partial charge in [0, 0.05) is 12.6 Å². The quantitative estimate of drug-likeness (QED) is 0.735. The largest absolute Gasteiger partial charge is 0.495 e. The van der Waals surface area contributed by atoms with Crippen LogP contribution in [0.2, 0.25) is 0 Å². The van der Waals surface area contributed by atoms with Gasteiger partial charge in [0.1, 0.15) is 5.75 Å². The van der Waals surface area contributed by atoms with Gasteiger partial charge in [-0.3, -0.25) is 0 Å². The molecule has 1 atom stereocenters. The molecule has 0 radical (unpaired) electrons. The summed E-state index contributed by atoms with van der Waals surface area (Å²) in [6.45, 7) is 3.45. The molecule has 1 aliphatic rings. The van der Waals surface area contributed by atoms with Gasteiger partial charge in [-0.1, -0.05) is 12.1 Å². The van der Waals surface area contributed by atoms with Crippen molar-refractivity contribution in [3.05, 3.63) is 24.3 Å². The number of anilines is 1. The minimum absolute atomic E-state index is 0.634. The standard InChI is InChI=1S/C13H19NO/c1-11-7-5-6-10-14(11)12-8-3-4-9-13(12)15-2/h3-4,8-9,11H,5-7,10H2,1-2H3/t11-/m0/s1. The fourth-order valence-electron chi connectivity index (χ4n) is 2.32. The van der Waals surface area contributed by atoms with E-state index in [0.717, 1.165) is 12.3 Å². The van der Waals surface area contributed by atoms with Gasteiger partial charge in [0.25, 0.3) is 0 Å². The van der Waals surface area contributed by atoms with E-state index in [2.05, 4.69) is 24.0 Å². The van der Waals surface area contributed by atoms with E-state index < -0.39 is 0 Å². The topological polar surface area (TPSA) is 12.5 Å². The minimum atomic E-state index is 0.634. The second-order valence-electron chi connectivity index (χ2n) is 4.21. The van der Waals surface area contributed by atoms with Crippen LogP contribution in [-0.4, -0.2) is 19.7 Å². The Balaban J connectivity index is 2.26. The van der Waals surface area contributed by atoms with Crippen molar-refractivity contribution in [3.8, 4) is 5.75 Å². The van der Waals surface area contributed by atoms with Gasteiger partial charge in [-0.2, -0.15) is 0 Å². The van der Waals surface area contributed by atoms with E-state index in [9.17, 15) is 0 Å². The third kappa shape index (κ3) is 2.09. The van der Waals surface area contributed by atoms with Crippen molar-refractivity contribution < 1.29 is 4.74 Å². The molecule has 1 aromatic rings. The van der Waals surface area contributed by atoms with Crippen molar-refractivity contribution in [1.29, 1.82) is 0 Å². The first kappa shape index (κ1) is 10.3. The smallest absolute Gasteiger partial charge is 0.142 e. The Morgan fingerprint density at radius 1 is 1.27 bits per heavy atom. The Labute approximate surface area is 91.9 Å². The molecule has 1 aliphatic heterocycles. The van der Waals surface area contributed by atoms with Crippen molar-refractivity contribution in [2.75, 3.05) is 18.6 Å². The molecule has 0 aliphatic carbocycles. The maximum absolute atomic E-state index is 5.41. The summed E-state index contributed by atoms with van der Waals surface area (Å²) in [5, 5.41) is 0. The van der Waals surface area contributed by atoms with E-state index in [1.807, 2.05) is 12.1 Å². The van der Waals surface area contributed by atoms with Crippen molar-refractivity contribution in [3.63, 3.8) is 0 Å². The lowest BCUT2D eigenvalue weighted by Crippen LogP contribution is -2.37. The van der Waals surface area contributed by atoms with Crippen LogP contribution < -0.4 is 9.64 Å². The summed E-state index contributed by atoms with van der Waals surface area (Å²) >= 11 is 0. The molecule has 0 amide bonds. The van der Waals surface area contributed by atoms with Crippen LogP contribution >= 0.6 is 0 Å². The van der Waals surface area contributed by atoms with Crippen molar-refractivity contribution >= 4 is 5.69 Å². The van der Waals surface area contributed by atoms with Gasteiger partial charge in [0.15, 0.2) is 0 Å². The van der Waals surface area contributed by atoms with Gasteiger partial charge in [-0.05, 0) is 38.3 Å². The zero-order valence-electron chi connectivity index (χ0n) is 9.57. The van der Waals surface area contributed by atoms with Crippen LogP contribution in [-0.2, 0) is 0 Å². The number of para-hydroxylation sites is 2. The van der Waals surface area contributed by atoms with Gasteiger partial charge in [0.05, 0.1) is 12.8 Å². The molecule has 0 bridgehead atoms. The summed E-state index contributed by atoms with van der Waals surface area (Å²) in [5.74, 6) is 0.992. The molecule has 1 saturated heterocycles. The van der Waals surface area contributed by atoms with E-state index >= 15 is 0 Å². The minimum Gasteiger partial charge on any atom is -0.495 e. The molecule has 2 nitrogen and oxygen atoms in total. The molecule has 1 heterocycles. The monoisotopic (exact) mass is 205 g/mol. The van der Waals surface area contributed by atoms with E-state index in [1.165, 1.54) is 24.9 Å². The molecular weight excluding hydrogens is 186 g/mol. The van der Waals surface area contributed by atoms with Crippen LogP contribution in [0, 0.1) is 0 Å². The lowest BCUT2D eigenvalue weighted by atomic mass is 10.0. The van der Waals surface area contributed by atoms with Gasteiger partial charge >= 0.3 is 0 Å². The highest BCUT2D eigenvalue weighted by molar-refractivity contribution is 5.59.